The zero-order valence-electron chi connectivity index (χ0n) is 19.8. The minimum atomic E-state index is -0.621. The normalized spacial score (nSPS) is 11.1. The van der Waals surface area contributed by atoms with Gasteiger partial charge in [-0.3, -0.25) is 4.57 Å². The van der Waals surface area contributed by atoms with Gasteiger partial charge >= 0.3 is 11.4 Å². The number of unbranched alkanes of at least 4 members (excludes halogenated alkanes) is 2. The van der Waals surface area contributed by atoms with Gasteiger partial charge in [0.05, 0.1) is 6.54 Å². The molecule has 0 saturated heterocycles. The molecule has 3 rings (SSSR count). The van der Waals surface area contributed by atoms with Gasteiger partial charge in [-0.15, -0.1) is 0 Å². The van der Waals surface area contributed by atoms with E-state index in [1.807, 2.05) is 19.9 Å². The average Bonchev–Trinajstić information content (AvgIpc) is 2.78. The van der Waals surface area contributed by atoms with Gasteiger partial charge in [-0.1, -0.05) is 23.7 Å². The molecule has 0 amide bonds. The first-order valence-corrected chi connectivity index (χ1v) is 11.6. The van der Waals surface area contributed by atoms with E-state index in [0.717, 1.165) is 46.2 Å². The minimum Gasteiger partial charge on any atom is -0.385 e. The Morgan fingerprint density at radius 1 is 1.06 bits per heavy atom. The van der Waals surface area contributed by atoms with Crippen molar-refractivity contribution in [1.29, 1.82) is 0 Å². The zero-order valence-corrected chi connectivity index (χ0v) is 20.6. The fraction of sp³-hybridized carbons (Fsp3) is 0.417. The number of methoxy groups -OCH3 is 1. The number of nitrogens with two attached hydrogens (primary N) is 1. The van der Waals surface area contributed by atoms with E-state index in [1.165, 1.54) is 4.57 Å². The summed E-state index contributed by atoms with van der Waals surface area (Å²) in [7, 11) is 1.66. The quantitative estimate of drug-likeness (QED) is 0.400. The van der Waals surface area contributed by atoms with E-state index >= 15 is 0 Å². The molecule has 2 aromatic heterocycles. The van der Waals surface area contributed by atoms with Gasteiger partial charge in [-0.25, -0.2) is 19.1 Å². The summed E-state index contributed by atoms with van der Waals surface area (Å²) in [6.07, 6.45) is 2.51. The molecule has 1 aromatic carbocycles. The standard InChI is InChI=1S/C24H31ClN6O3/c1-16-13-17(2)28-21(26)20(16)14-27-22-29-23(32)31(15-18-7-9-19(25)10-8-18)24(33)30(22)11-5-4-6-12-34-3/h7-10,13H,4-6,11-12,14-15H2,1-3H3,(H2,26,28)(H,27,29,32). The number of rotatable bonds is 11. The largest absolute Gasteiger partial charge is 0.385 e. The number of aromatic nitrogens is 4. The summed E-state index contributed by atoms with van der Waals surface area (Å²) in [5.74, 6) is 0.628. The Morgan fingerprint density at radius 3 is 2.47 bits per heavy atom. The average molecular weight is 487 g/mol. The van der Waals surface area contributed by atoms with Crippen molar-refractivity contribution in [2.75, 3.05) is 24.8 Å². The van der Waals surface area contributed by atoms with Gasteiger partial charge in [0.25, 0.3) is 0 Å². The summed E-state index contributed by atoms with van der Waals surface area (Å²) in [6.45, 7) is 5.31. The first-order valence-electron chi connectivity index (χ1n) is 11.2. The Hall–Kier alpha value is -3.17. The van der Waals surface area contributed by atoms with Gasteiger partial charge in [0.1, 0.15) is 5.82 Å². The molecule has 3 N–H and O–H groups in total. The Balaban J connectivity index is 1.91. The maximum atomic E-state index is 13.3. The maximum absolute atomic E-state index is 13.3. The molecule has 0 aliphatic heterocycles. The van der Waals surface area contributed by atoms with Crippen LogP contribution in [0.4, 0.5) is 11.8 Å². The number of ether oxygens (including phenoxy) is 1. The number of nitrogens with zero attached hydrogens (tertiary/aromatic N) is 4. The number of anilines is 2. The predicted molar refractivity (Wildman–Crippen MR) is 134 cm³/mol. The molecule has 0 spiro atoms. The van der Waals surface area contributed by atoms with Crippen molar-refractivity contribution in [1.82, 2.24) is 19.1 Å². The van der Waals surface area contributed by atoms with E-state index in [0.29, 0.717) is 30.5 Å². The lowest BCUT2D eigenvalue weighted by atomic mass is 10.1. The molecular formula is C24H31ClN6O3. The molecule has 3 aromatic rings. The van der Waals surface area contributed by atoms with Gasteiger partial charge in [-0.05, 0) is 62.4 Å². The van der Waals surface area contributed by atoms with Crippen LogP contribution in [0, 0.1) is 13.8 Å². The van der Waals surface area contributed by atoms with E-state index in [4.69, 9.17) is 22.1 Å². The molecule has 0 saturated carbocycles. The van der Waals surface area contributed by atoms with Crippen molar-refractivity contribution in [3.8, 4) is 0 Å². The van der Waals surface area contributed by atoms with Crippen molar-refractivity contribution in [2.45, 2.75) is 52.7 Å². The minimum absolute atomic E-state index is 0.111. The van der Waals surface area contributed by atoms with Gasteiger partial charge in [0.15, 0.2) is 0 Å². The topological polar surface area (TPSA) is 117 Å². The number of hydrogen-bond donors (Lipinski definition) is 2. The maximum Gasteiger partial charge on any atom is 0.355 e. The molecule has 0 radical (unpaired) electrons. The Kier molecular flexibility index (Phi) is 8.84. The van der Waals surface area contributed by atoms with Gasteiger partial charge < -0.3 is 15.8 Å². The first-order chi connectivity index (χ1) is 16.3. The fourth-order valence-corrected chi connectivity index (χ4v) is 3.88. The second kappa shape index (κ2) is 11.8. The summed E-state index contributed by atoms with van der Waals surface area (Å²) in [5.41, 5.74) is 8.45. The summed E-state index contributed by atoms with van der Waals surface area (Å²) in [4.78, 5) is 34.7. The van der Waals surface area contributed by atoms with Crippen molar-refractivity contribution in [3.63, 3.8) is 0 Å². The third kappa shape index (κ3) is 6.45. The number of aryl methyl sites for hydroxylation is 2. The summed E-state index contributed by atoms with van der Waals surface area (Å²) in [6, 6.07) is 8.95. The molecule has 0 unspecified atom stereocenters. The Morgan fingerprint density at radius 2 is 1.79 bits per heavy atom. The lowest BCUT2D eigenvalue weighted by Crippen LogP contribution is -2.43. The van der Waals surface area contributed by atoms with Crippen LogP contribution in [-0.4, -0.2) is 32.8 Å². The van der Waals surface area contributed by atoms with Crippen molar-refractivity contribution < 1.29 is 4.74 Å². The number of hydrogen-bond acceptors (Lipinski definition) is 7. The summed E-state index contributed by atoms with van der Waals surface area (Å²) in [5, 5.41) is 3.72. The highest BCUT2D eigenvalue weighted by molar-refractivity contribution is 6.30. The first kappa shape index (κ1) is 25.5. The third-order valence-corrected chi connectivity index (χ3v) is 5.82. The number of benzene rings is 1. The van der Waals surface area contributed by atoms with Crippen LogP contribution >= 0.6 is 11.6 Å². The highest BCUT2D eigenvalue weighted by Crippen LogP contribution is 2.17. The monoisotopic (exact) mass is 486 g/mol. The third-order valence-electron chi connectivity index (χ3n) is 5.56. The van der Waals surface area contributed by atoms with E-state index in [2.05, 4.69) is 15.3 Å². The van der Waals surface area contributed by atoms with Crippen LogP contribution in [0.5, 0.6) is 0 Å². The van der Waals surface area contributed by atoms with Crippen molar-refractivity contribution in [2.24, 2.45) is 0 Å². The highest BCUT2D eigenvalue weighted by Gasteiger charge is 2.15. The van der Waals surface area contributed by atoms with E-state index in [1.54, 1.807) is 31.4 Å². The zero-order chi connectivity index (χ0) is 24.7. The number of nitrogens with one attached hydrogen (secondary N) is 1. The van der Waals surface area contributed by atoms with Gasteiger partial charge in [-0.2, -0.15) is 4.98 Å². The van der Waals surface area contributed by atoms with Crippen LogP contribution in [0.2, 0.25) is 5.02 Å². The summed E-state index contributed by atoms with van der Waals surface area (Å²) < 4.78 is 7.75. The summed E-state index contributed by atoms with van der Waals surface area (Å²) >= 11 is 5.96. The molecule has 0 aliphatic carbocycles. The highest BCUT2D eigenvalue weighted by atomic mass is 35.5. The molecular weight excluding hydrogens is 456 g/mol. The molecule has 2 heterocycles. The SMILES string of the molecule is COCCCCCn1c(NCc2c(C)cc(C)nc2N)nc(=O)n(Cc2ccc(Cl)cc2)c1=O. The molecule has 0 fully saturated rings. The fourth-order valence-electron chi connectivity index (χ4n) is 3.76. The second-order valence-electron chi connectivity index (χ2n) is 8.22. The lowest BCUT2D eigenvalue weighted by molar-refractivity contribution is 0.191. The van der Waals surface area contributed by atoms with E-state index < -0.39 is 11.4 Å². The van der Waals surface area contributed by atoms with E-state index in [9.17, 15) is 9.59 Å². The smallest absolute Gasteiger partial charge is 0.355 e. The predicted octanol–water partition coefficient (Wildman–Crippen LogP) is 3.13. The molecule has 0 bridgehead atoms. The molecule has 182 valence electrons. The molecule has 10 heteroatoms. The Bertz CT molecular complexity index is 1210. The van der Waals surface area contributed by atoms with Crippen LogP contribution in [0.3, 0.4) is 0 Å². The van der Waals surface area contributed by atoms with Crippen molar-refractivity contribution in [3.05, 3.63) is 78.7 Å². The second-order valence-corrected chi connectivity index (χ2v) is 8.65. The van der Waals surface area contributed by atoms with Crippen LogP contribution in [0.15, 0.2) is 39.9 Å². The lowest BCUT2D eigenvalue weighted by Gasteiger charge is -2.17. The number of nitrogen functional groups attached to an aromatic ring is 1. The van der Waals surface area contributed by atoms with Crippen LogP contribution < -0.4 is 22.4 Å². The Labute approximate surface area is 203 Å². The number of pyridine rings is 1. The van der Waals surface area contributed by atoms with Crippen molar-refractivity contribution >= 4 is 23.4 Å². The van der Waals surface area contributed by atoms with Gasteiger partial charge in [0, 0.05) is 43.1 Å². The van der Waals surface area contributed by atoms with Crippen LogP contribution in [-0.2, 0) is 24.4 Å². The molecule has 34 heavy (non-hydrogen) atoms. The van der Waals surface area contributed by atoms with Crippen LogP contribution in [0.25, 0.3) is 0 Å². The molecule has 0 atom stereocenters. The van der Waals surface area contributed by atoms with Crippen LogP contribution in [0.1, 0.15) is 41.6 Å². The van der Waals surface area contributed by atoms with E-state index in [-0.39, 0.29) is 12.5 Å². The number of halogens is 1. The molecule has 9 nitrogen and oxygen atoms in total. The van der Waals surface area contributed by atoms with Gasteiger partial charge in [0.2, 0.25) is 5.95 Å². The molecule has 0 aliphatic rings.